The van der Waals surface area contributed by atoms with E-state index in [4.69, 9.17) is 0 Å². The van der Waals surface area contributed by atoms with E-state index in [1.54, 1.807) is 0 Å². The fraction of sp³-hybridized carbons (Fsp3) is 0.250. The van der Waals surface area contributed by atoms with Crippen LogP contribution in [0, 0.1) is 3.57 Å². The summed E-state index contributed by atoms with van der Waals surface area (Å²) in [5, 5.41) is 0. The zero-order valence-corrected chi connectivity index (χ0v) is 12.3. The van der Waals surface area contributed by atoms with Crippen molar-refractivity contribution in [3.8, 4) is 11.1 Å². The smallest absolute Gasteiger partial charge is 0.0208 e. The highest BCUT2D eigenvalue weighted by Gasteiger charge is 2.01. The van der Waals surface area contributed by atoms with Gasteiger partial charge in [0.05, 0.1) is 0 Å². The van der Waals surface area contributed by atoms with Gasteiger partial charge in [-0.25, -0.2) is 0 Å². The van der Waals surface area contributed by atoms with Gasteiger partial charge in [0.25, 0.3) is 0 Å². The molecule has 17 heavy (non-hydrogen) atoms. The second-order valence-corrected chi connectivity index (χ2v) is 5.44. The van der Waals surface area contributed by atoms with Gasteiger partial charge in [0.1, 0.15) is 0 Å². The zero-order valence-electron chi connectivity index (χ0n) is 10.1. The summed E-state index contributed by atoms with van der Waals surface area (Å²) in [6, 6.07) is 17.5. The number of benzene rings is 2. The van der Waals surface area contributed by atoms with Gasteiger partial charge in [0.2, 0.25) is 0 Å². The molecule has 2 aromatic rings. The summed E-state index contributed by atoms with van der Waals surface area (Å²) >= 11 is 2.40. The molecule has 0 radical (unpaired) electrons. The molecule has 0 aliphatic heterocycles. The SMILES string of the molecule is CCCCc1ccc(-c2ccccc2I)cc1. The van der Waals surface area contributed by atoms with Gasteiger partial charge in [0, 0.05) is 3.57 Å². The van der Waals surface area contributed by atoms with Crippen molar-refractivity contribution in [2.75, 3.05) is 0 Å². The lowest BCUT2D eigenvalue weighted by Gasteiger charge is -2.06. The standard InChI is InChI=1S/C16H17I/c1-2-3-6-13-9-11-14(12-10-13)15-7-4-5-8-16(15)17/h4-5,7-12H,2-3,6H2,1H3. The first-order valence-electron chi connectivity index (χ1n) is 6.15. The van der Waals surface area contributed by atoms with E-state index in [1.165, 1.54) is 39.5 Å². The van der Waals surface area contributed by atoms with E-state index in [2.05, 4.69) is 78.0 Å². The van der Waals surface area contributed by atoms with E-state index in [0.29, 0.717) is 0 Å². The van der Waals surface area contributed by atoms with Gasteiger partial charge in [-0.3, -0.25) is 0 Å². The third-order valence-corrected chi connectivity index (χ3v) is 3.90. The van der Waals surface area contributed by atoms with Gasteiger partial charge < -0.3 is 0 Å². The lowest BCUT2D eigenvalue weighted by atomic mass is 10.0. The zero-order chi connectivity index (χ0) is 12.1. The van der Waals surface area contributed by atoms with Gasteiger partial charge in [0.15, 0.2) is 0 Å². The molecule has 1 heteroatoms. The molecule has 0 aromatic heterocycles. The molecule has 0 spiro atoms. The summed E-state index contributed by atoms with van der Waals surface area (Å²) in [7, 11) is 0. The van der Waals surface area contributed by atoms with Crippen LogP contribution in [0.1, 0.15) is 25.3 Å². The molecule has 0 bridgehead atoms. The molecule has 0 aliphatic rings. The van der Waals surface area contributed by atoms with Gasteiger partial charge in [-0.1, -0.05) is 55.8 Å². The predicted octanol–water partition coefficient (Wildman–Crippen LogP) is 5.30. The Morgan fingerprint density at radius 1 is 0.941 bits per heavy atom. The third kappa shape index (κ3) is 3.32. The Bertz CT molecular complexity index is 471. The molecule has 0 saturated carbocycles. The Morgan fingerprint density at radius 3 is 2.29 bits per heavy atom. The first-order valence-corrected chi connectivity index (χ1v) is 7.23. The molecule has 0 saturated heterocycles. The van der Waals surface area contributed by atoms with Gasteiger partial charge in [-0.05, 0) is 58.2 Å². The average Bonchev–Trinajstić information content (AvgIpc) is 2.38. The number of aryl methyl sites for hydroxylation is 1. The normalized spacial score (nSPS) is 10.5. The Kier molecular flexibility index (Phi) is 4.60. The molecule has 88 valence electrons. The van der Waals surface area contributed by atoms with E-state index in [0.717, 1.165) is 0 Å². The topological polar surface area (TPSA) is 0 Å². The predicted molar refractivity (Wildman–Crippen MR) is 83.2 cm³/mol. The summed E-state index contributed by atoms with van der Waals surface area (Å²) in [6.07, 6.45) is 3.74. The summed E-state index contributed by atoms with van der Waals surface area (Å²) < 4.78 is 1.31. The van der Waals surface area contributed by atoms with Crippen LogP contribution in [0.5, 0.6) is 0 Å². The minimum absolute atomic E-state index is 1.20. The quantitative estimate of drug-likeness (QED) is 0.665. The molecule has 0 atom stereocenters. The van der Waals surface area contributed by atoms with E-state index in [1.807, 2.05) is 0 Å². The van der Waals surface area contributed by atoms with E-state index in [-0.39, 0.29) is 0 Å². The van der Waals surface area contributed by atoms with Crippen LogP contribution in [0.25, 0.3) is 11.1 Å². The van der Waals surface area contributed by atoms with Crippen molar-refractivity contribution in [1.82, 2.24) is 0 Å². The van der Waals surface area contributed by atoms with E-state index in [9.17, 15) is 0 Å². The first kappa shape index (κ1) is 12.6. The van der Waals surface area contributed by atoms with Crippen LogP contribution in [0.15, 0.2) is 48.5 Å². The Hall–Kier alpha value is -0.830. The van der Waals surface area contributed by atoms with E-state index >= 15 is 0 Å². The van der Waals surface area contributed by atoms with Gasteiger partial charge >= 0.3 is 0 Å². The van der Waals surface area contributed by atoms with E-state index < -0.39 is 0 Å². The second kappa shape index (κ2) is 6.20. The fourth-order valence-corrected chi connectivity index (χ4v) is 2.63. The second-order valence-electron chi connectivity index (χ2n) is 4.28. The van der Waals surface area contributed by atoms with Crippen molar-refractivity contribution in [3.05, 3.63) is 57.7 Å². The number of unbranched alkanes of at least 4 members (excludes halogenated alkanes) is 1. The van der Waals surface area contributed by atoms with Crippen molar-refractivity contribution < 1.29 is 0 Å². The summed E-state index contributed by atoms with van der Waals surface area (Å²) in [6.45, 7) is 2.24. The number of rotatable bonds is 4. The monoisotopic (exact) mass is 336 g/mol. The maximum atomic E-state index is 2.40. The summed E-state index contributed by atoms with van der Waals surface area (Å²) in [5.74, 6) is 0. The number of halogens is 1. The first-order chi connectivity index (χ1) is 8.31. The number of hydrogen-bond donors (Lipinski definition) is 0. The fourth-order valence-electron chi connectivity index (χ4n) is 1.93. The lowest BCUT2D eigenvalue weighted by molar-refractivity contribution is 0.795. The molecule has 2 aromatic carbocycles. The Labute approximate surface area is 117 Å². The Balaban J connectivity index is 2.21. The van der Waals surface area contributed by atoms with Crippen LogP contribution in [0.2, 0.25) is 0 Å². The van der Waals surface area contributed by atoms with Crippen molar-refractivity contribution in [3.63, 3.8) is 0 Å². The highest BCUT2D eigenvalue weighted by Crippen LogP contribution is 2.25. The van der Waals surface area contributed by atoms with Crippen molar-refractivity contribution >= 4 is 22.6 Å². The highest BCUT2D eigenvalue weighted by molar-refractivity contribution is 14.1. The van der Waals surface area contributed by atoms with Crippen LogP contribution in [-0.4, -0.2) is 0 Å². The minimum Gasteiger partial charge on any atom is -0.0654 e. The maximum absolute atomic E-state index is 2.40. The van der Waals surface area contributed by atoms with Crippen LogP contribution in [-0.2, 0) is 6.42 Å². The molecular weight excluding hydrogens is 319 g/mol. The van der Waals surface area contributed by atoms with Gasteiger partial charge in [-0.15, -0.1) is 0 Å². The average molecular weight is 336 g/mol. The molecular formula is C16H17I. The van der Waals surface area contributed by atoms with Crippen molar-refractivity contribution in [2.45, 2.75) is 26.2 Å². The molecule has 0 aliphatic carbocycles. The largest absolute Gasteiger partial charge is 0.0654 e. The molecule has 0 fully saturated rings. The molecule has 2 rings (SSSR count). The van der Waals surface area contributed by atoms with Crippen molar-refractivity contribution in [1.29, 1.82) is 0 Å². The summed E-state index contributed by atoms with van der Waals surface area (Å²) in [4.78, 5) is 0. The third-order valence-electron chi connectivity index (χ3n) is 2.96. The van der Waals surface area contributed by atoms with Crippen molar-refractivity contribution in [2.24, 2.45) is 0 Å². The van der Waals surface area contributed by atoms with Crippen LogP contribution in [0.3, 0.4) is 0 Å². The Morgan fingerprint density at radius 2 is 1.65 bits per heavy atom. The molecule has 0 nitrogen and oxygen atoms in total. The lowest BCUT2D eigenvalue weighted by Crippen LogP contribution is -1.86. The van der Waals surface area contributed by atoms with Crippen LogP contribution < -0.4 is 0 Å². The molecule has 0 unspecified atom stereocenters. The highest BCUT2D eigenvalue weighted by atomic mass is 127. The molecule has 0 heterocycles. The van der Waals surface area contributed by atoms with Crippen LogP contribution >= 0.6 is 22.6 Å². The minimum atomic E-state index is 1.20. The molecule has 0 N–H and O–H groups in total. The summed E-state index contributed by atoms with van der Waals surface area (Å²) in [5.41, 5.74) is 4.09. The van der Waals surface area contributed by atoms with Gasteiger partial charge in [-0.2, -0.15) is 0 Å². The van der Waals surface area contributed by atoms with Crippen LogP contribution in [0.4, 0.5) is 0 Å². The maximum Gasteiger partial charge on any atom is 0.0208 e. The number of hydrogen-bond acceptors (Lipinski definition) is 0. The molecule has 0 amide bonds.